The maximum atomic E-state index is 11.7. The van der Waals surface area contributed by atoms with E-state index in [0.717, 1.165) is 13.1 Å². The summed E-state index contributed by atoms with van der Waals surface area (Å²) in [4.78, 5) is 25.1. The first-order chi connectivity index (χ1) is 8.24. The zero-order valence-electron chi connectivity index (χ0n) is 12.1. The summed E-state index contributed by atoms with van der Waals surface area (Å²) in [7, 11) is 1.97. The molecule has 5 heteroatoms. The lowest BCUT2D eigenvalue weighted by molar-refractivity contribution is -0.153. The molecule has 0 aromatic heterocycles. The highest BCUT2D eigenvalue weighted by molar-refractivity contribution is 5.84. The molecular weight excluding hydrogens is 232 g/mol. The summed E-state index contributed by atoms with van der Waals surface area (Å²) in [5.41, 5.74) is -0.999. The summed E-state index contributed by atoms with van der Waals surface area (Å²) < 4.78 is 0. The fraction of sp³-hybridized carbons (Fsp3) is 0.846. The lowest BCUT2D eigenvalue weighted by atomic mass is 9.76. The monoisotopic (exact) mass is 258 g/mol. The third-order valence-corrected chi connectivity index (χ3v) is 3.65. The minimum absolute atomic E-state index is 0.0237. The van der Waals surface area contributed by atoms with Crippen LogP contribution in [0, 0.1) is 11.3 Å². The van der Waals surface area contributed by atoms with Crippen LogP contribution in [0.5, 0.6) is 0 Å². The lowest BCUT2D eigenvalue weighted by Crippen LogP contribution is -2.40. The molecule has 0 saturated carbocycles. The number of carboxylic acid groups (broad SMARTS) is 1. The predicted octanol–water partition coefficient (Wildman–Crippen LogP) is 1.19. The van der Waals surface area contributed by atoms with Gasteiger partial charge in [-0.2, -0.15) is 0 Å². The Morgan fingerprint density at radius 2 is 1.94 bits per heavy atom. The van der Waals surface area contributed by atoms with Crippen LogP contribution in [0.2, 0.25) is 0 Å². The van der Waals surface area contributed by atoms with Crippen molar-refractivity contribution in [3.05, 3.63) is 0 Å². The van der Waals surface area contributed by atoms with Gasteiger partial charge in [-0.05, 0) is 26.4 Å². The average Bonchev–Trinajstić information content (AvgIpc) is 2.27. The number of nitrogens with zero attached hydrogens (tertiary/aromatic N) is 1. The lowest BCUT2D eigenvalue weighted by Gasteiger charge is -2.28. The van der Waals surface area contributed by atoms with Crippen molar-refractivity contribution in [2.24, 2.45) is 11.3 Å². The highest BCUT2D eigenvalue weighted by atomic mass is 16.4. The van der Waals surface area contributed by atoms with Gasteiger partial charge >= 0.3 is 5.97 Å². The van der Waals surface area contributed by atoms with E-state index in [9.17, 15) is 14.7 Å². The van der Waals surface area contributed by atoms with Gasteiger partial charge in [-0.25, -0.2) is 0 Å². The Kier molecular flexibility index (Phi) is 6.91. The molecule has 0 bridgehead atoms. The van der Waals surface area contributed by atoms with Gasteiger partial charge in [0.2, 0.25) is 5.91 Å². The van der Waals surface area contributed by atoms with Gasteiger partial charge in [-0.1, -0.05) is 20.8 Å². The Labute approximate surface area is 110 Å². The van der Waals surface area contributed by atoms with Crippen LogP contribution in [-0.2, 0) is 9.59 Å². The first-order valence-corrected chi connectivity index (χ1v) is 6.42. The average molecular weight is 258 g/mol. The van der Waals surface area contributed by atoms with E-state index in [1.165, 1.54) is 0 Å². The molecule has 0 aromatic carbocycles. The Bertz CT molecular complexity index is 292. The van der Waals surface area contributed by atoms with Crippen LogP contribution in [0.25, 0.3) is 0 Å². The van der Waals surface area contributed by atoms with Crippen LogP contribution in [0.3, 0.4) is 0 Å². The molecule has 1 unspecified atom stereocenters. The van der Waals surface area contributed by atoms with Crippen molar-refractivity contribution in [3.63, 3.8) is 0 Å². The minimum Gasteiger partial charge on any atom is -0.481 e. The van der Waals surface area contributed by atoms with Crippen LogP contribution in [0.1, 0.15) is 34.1 Å². The molecule has 0 aromatic rings. The van der Waals surface area contributed by atoms with E-state index in [1.807, 2.05) is 27.8 Å². The smallest absolute Gasteiger partial charge is 0.310 e. The molecule has 0 radical (unpaired) electrons. The van der Waals surface area contributed by atoms with Gasteiger partial charge in [0, 0.05) is 19.5 Å². The van der Waals surface area contributed by atoms with Gasteiger partial charge < -0.3 is 15.3 Å². The maximum Gasteiger partial charge on any atom is 0.310 e. The SMILES string of the molecule is CCN(C)CCNC(=O)CC(C)(C(=O)O)C(C)C. The Morgan fingerprint density at radius 1 is 1.39 bits per heavy atom. The maximum absolute atomic E-state index is 11.7. The van der Waals surface area contributed by atoms with Crippen LogP contribution in [-0.4, -0.2) is 48.6 Å². The van der Waals surface area contributed by atoms with Gasteiger partial charge in [-0.3, -0.25) is 9.59 Å². The van der Waals surface area contributed by atoms with Crippen molar-refractivity contribution in [3.8, 4) is 0 Å². The van der Waals surface area contributed by atoms with Gasteiger partial charge in [0.15, 0.2) is 0 Å². The molecule has 0 aliphatic carbocycles. The van der Waals surface area contributed by atoms with Crippen molar-refractivity contribution >= 4 is 11.9 Å². The van der Waals surface area contributed by atoms with Gasteiger partial charge in [0.1, 0.15) is 0 Å². The zero-order chi connectivity index (χ0) is 14.3. The molecule has 0 heterocycles. The molecule has 5 nitrogen and oxygen atoms in total. The van der Waals surface area contributed by atoms with Gasteiger partial charge in [0.05, 0.1) is 5.41 Å². The number of nitrogens with one attached hydrogen (secondary N) is 1. The van der Waals surface area contributed by atoms with Crippen molar-refractivity contribution in [1.29, 1.82) is 0 Å². The van der Waals surface area contributed by atoms with Crippen LogP contribution in [0.4, 0.5) is 0 Å². The first-order valence-electron chi connectivity index (χ1n) is 6.42. The standard InChI is InChI=1S/C13H26N2O3/c1-6-15(5)8-7-14-11(16)9-13(4,10(2)3)12(17)18/h10H,6-9H2,1-5H3,(H,14,16)(H,17,18). The van der Waals surface area contributed by atoms with Crippen molar-refractivity contribution in [1.82, 2.24) is 10.2 Å². The quantitative estimate of drug-likeness (QED) is 0.686. The Hall–Kier alpha value is -1.10. The summed E-state index contributed by atoms with van der Waals surface area (Å²) in [6.45, 7) is 9.57. The molecule has 2 N–H and O–H groups in total. The summed E-state index contributed by atoms with van der Waals surface area (Å²) in [6, 6.07) is 0. The highest BCUT2D eigenvalue weighted by Gasteiger charge is 2.38. The summed E-state index contributed by atoms with van der Waals surface area (Å²) in [5.74, 6) is -1.20. The number of aliphatic carboxylic acids is 1. The topological polar surface area (TPSA) is 69.6 Å². The normalized spacial score (nSPS) is 14.6. The first kappa shape index (κ1) is 16.9. The third-order valence-electron chi connectivity index (χ3n) is 3.65. The third kappa shape index (κ3) is 5.04. The molecule has 0 aliphatic heterocycles. The predicted molar refractivity (Wildman–Crippen MR) is 71.4 cm³/mol. The van der Waals surface area contributed by atoms with E-state index in [0.29, 0.717) is 6.54 Å². The van der Waals surface area contributed by atoms with Crippen molar-refractivity contribution in [2.45, 2.75) is 34.1 Å². The Morgan fingerprint density at radius 3 is 2.33 bits per heavy atom. The van der Waals surface area contributed by atoms with Crippen LogP contribution < -0.4 is 5.32 Å². The fourth-order valence-electron chi connectivity index (χ4n) is 1.47. The number of amides is 1. The molecular formula is C13H26N2O3. The molecule has 0 rings (SSSR count). The number of rotatable bonds is 8. The number of carbonyl (C=O) groups is 2. The summed E-state index contributed by atoms with van der Waals surface area (Å²) in [5, 5.41) is 12.0. The molecule has 1 amide bonds. The number of carboxylic acids is 1. The molecule has 0 aliphatic rings. The van der Waals surface area contributed by atoms with Crippen LogP contribution >= 0.6 is 0 Å². The molecule has 1 atom stereocenters. The molecule has 0 fully saturated rings. The second-order valence-electron chi connectivity index (χ2n) is 5.30. The molecule has 18 heavy (non-hydrogen) atoms. The largest absolute Gasteiger partial charge is 0.481 e. The van der Waals surface area contributed by atoms with Crippen molar-refractivity contribution < 1.29 is 14.7 Å². The number of likely N-dealkylation sites (N-methyl/N-ethyl adjacent to an activating group) is 1. The molecule has 106 valence electrons. The Balaban J connectivity index is 4.25. The van der Waals surface area contributed by atoms with E-state index in [4.69, 9.17) is 0 Å². The fourth-order valence-corrected chi connectivity index (χ4v) is 1.47. The van der Waals surface area contributed by atoms with Crippen molar-refractivity contribution in [2.75, 3.05) is 26.7 Å². The van der Waals surface area contributed by atoms with E-state index in [2.05, 4.69) is 10.2 Å². The number of hydrogen-bond acceptors (Lipinski definition) is 3. The van der Waals surface area contributed by atoms with Crippen LogP contribution in [0.15, 0.2) is 0 Å². The van der Waals surface area contributed by atoms with Gasteiger partial charge in [0.25, 0.3) is 0 Å². The number of carbonyl (C=O) groups excluding carboxylic acids is 1. The van der Waals surface area contributed by atoms with E-state index >= 15 is 0 Å². The second kappa shape index (κ2) is 7.36. The van der Waals surface area contributed by atoms with E-state index in [1.54, 1.807) is 6.92 Å². The molecule has 0 saturated heterocycles. The van der Waals surface area contributed by atoms with E-state index in [-0.39, 0.29) is 18.2 Å². The summed E-state index contributed by atoms with van der Waals surface area (Å²) in [6.07, 6.45) is 0.0237. The summed E-state index contributed by atoms with van der Waals surface area (Å²) >= 11 is 0. The minimum atomic E-state index is -0.999. The molecule has 0 spiro atoms. The second-order valence-corrected chi connectivity index (χ2v) is 5.30. The highest BCUT2D eigenvalue weighted by Crippen LogP contribution is 2.31. The van der Waals surface area contributed by atoms with E-state index < -0.39 is 11.4 Å². The van der Waals surface area contributed by atoms with Gasteiger partial charge in [-0.15, -0.1) is 0 Å². The zero-order valence-corrected chi connectivity index (χ0v) is 12.1. The number of hydrogen-bond donors (Lipinski definition) is 2.